The van der Waals surface area contributed by atoms with E-state index in [2.05, 4.69) is 39.6 Å². The molecule has 0 saturated carbocycles. The quantitative estimate of drug-likeness (QED) is 0.566. The number of benzene rings is 2. The predicted molar refractivity (Wildman–Crippen MR) is 125 cm³/mol. The fraction of sp³-hybridized carbons (Fsp3) is 0.292. The van der Waals surface area contributed by atoms with Crippen LogP contribution in [0.15, 0.2) is 48.7 Å². The number of nitrogens with one attached hydrogen (secondary N) is 2. The van der Waals surface area contributed by atoms with E-state index in [1.165, 1.54) is 4.90 Å². The van der Waals surface area contributed by atoms with E-state index in [1.807, 2.05) is 12.1 Å². The number of carbonyl (C=O) groups excluding carboxylic acids is 3. The molecule has 32 heavy (non-hydrogen) atoms. The van der Waals surface area contributed by atoms with Gasteiger partial charge in [0.2, 0.25) is 0 Å². The van der Waals surface area contributed by atoms with Crippen LogP contribution in [-0.4, -0.2) is 74.8 Å². The smallest absolute Gasteiger partial charge is 0.260 e. The molecule has 166 valence electrons. The lowest BCUT2D eigenvalue weighted by molar-refractivity contribution is -0.114. The molecule has 1 fully saturated rings. The van der Waals surface area contributed by atoms with Crippen LogP contribution in [0.4, 0.5) is 11.4 Å². The Kier molecular flexibility index (Phi) is 5.96. The molecule has 2 aromatic carbocycles. The summed E-state index contributed by atoms with van der Waals surface area (Å²) in [5, 5.41) is 5.51. The second-order valence-electron chi connectivity index (χ2n) is 8.28. The van der Waals surface area contributed by atoms with Gasteiger partial charge in [-0.1, -0.05) is 0 Å². The molecule has 2 N–H and O–H groups in total. The maximum atomic E-state index is 12.5. The number of fused-ring (bicyclic) bond motifs is 1. The van der Waals surface area contributed by atoms with Crippen molar-refractivity contribution in [2.45, 2.75) is 0 Å². The van der Waals surface area contributed by atoms with Crippen LogP contribution in [0, 0.1) is 0 Å². The van der Waals surface area contributed by atoms with Crippen molar-refractivity contribution < 1.29 is 14.4 Å². The lowest BCUT2D eigenvalue weighted by Crippen LogP contribution is -2.44. The molecular weight excluding hydrogens is 406 g/mol. The Hall–Kier alpha value is -3.65. The molecule has 0 spiro atoms. The van der Waals surface area contributed by atoms with Gasteiger partial charge in [0.1, 0.15) is 0 Å². The number of rotatable bonds is 4. The van der Waals surface area contributed by atoms with Crippen molar-refractivity contribution in [1.29, 1.82) is 0 Å². The van der Waals surface area contributed by atoms with Crippen LogP contribution in [0.5, 0.6) is 0 Å². The number of anilines is 2. The lowest BCUT2D eigenvalue weighted by Gasteiger charge is -2.34. The van der Waals surface area contributed by atoms with Gasteiger partial charge in [-0.3, -0.25) is 19.7 Å². The van der Waals surface area contributed by atoms with E-state index in [9.17, 15) is 14.4 Å². The van der Waals surface area contributed by atoms with Gasteiger partial charge >= 0.3 is 0 Å². The molecule has 2 aliphatic rings. The summed E-state index contributed by atoms with van der Waals surface area (Å²) in [7, 11) is 5.44. The summed E-state index contributed by atoms with van der Waals surface area (Å²) in [4.78, 5) is 43.3. The maximum Gasteiger partial charge on any atom is 0.260 e. The first-order chi connectivity index (χ1) is 15.3. The zero-order valence-electron chi connectivity index (χ0n) is 18.5. The number of imide groups is 1. The van der Waals surface area contributed by atoms with Gasteiger partial charge in [-0.25, -0.2) is 0 Å². The average molecular weight is 434 g/mol. The Morgan fingerprint density at radius 3 is 2.31 bits per heavy atom. The minimum absolute atomic E-state index is 0.196. The predicted octanol–water partition coefficient (Wildman–Crippen LogP) is 1.86. The number of carbonyl (C=O) groups is 3. The molecule has 0 aliphatic carbocycles. The zero-order valence-corrected chi connectivity index (χ0v) is 18.5. The van der Waals surface area contributed by atoms with Crippen LogP contribution in [0.2, 0.25) is 0 Å². The highest BCUT2D eigenvalue weighted by molar-refractivity contribution is 6.31. The molecule has 0 unspecified atom stereocenters. The van der Waals surface area contributed by atoms with Gasteiger partial charge in [-0.15, -0.1) is 0 Å². The topological polar surface area (TPSA) is 85.0 Å². The molecule has 0 bridgehead atoms. The van der Waals surface area contributed by atoms with E-state index < -0.39 is 11.8 Å². The molecule has 4 rings (SSSR count). The molecule has 2 aliphatic heterocycles. The van der Waals surface area contributed by atoms with Crippen molar-refractivity contribution in [3.8, 4) is 0 Å². The maximum absolute atomic E-state index is 12.5. The minimum atomic E-state index is -0.501. The van der Waals surface area contributed by atoms with Crippen LogP contribution < -0.4 is 15.5 Å². The molecule has 2 heterocycles. The highest BCUT2D eigenvalue weighted by Crippen LogP contribution is 2.26. The number of amides is 3. The third-order valence-corrected chi connectivity index (χ3v) is 5.80. The van der Waals surface area contributed by atoms with Gasteiger partial charge in [-0.2, -0.15) is 0 Å². The van der Waals surface area contributed by atoms with Crippen molar-refractivity contribution in [2.24, 2.45) is 0 Å². The molecular formula is C24H27N5O3. The molecule has 3 amide bonds. The Morgan fingerprint density at radius 1 is 0.969 bits per heavy atom. The third-order valence-electron chi connectivity index (χ3n) is 5.80. The first-order valence-electron chi connectivity index (χ1n) is 10.6. The molecule has 0 radical (unpaired) electrons. The minimum Gasteiger partial charge on any atom is -0.369 e. The second-order valence-corrected chi connectivity index (χ2v) is 8.28. The summed E-state index contributed by atoms with van der Waals surface area (Å²) in [6.45, 7) is 4.06. The van der Waals surface area contributed by atoms with Crippen molar-refractivity contribution in [3.05, 3.63) is 65.4 Å². The van der Waals surface area contributed by atoms with E-state index in [4.69, 9.17) is 0 Å². The van der Waals surface area contributed by atoms with Crippen LogP contribution in [0.3, 0.4) is 0 Å². The number of nitrogens with zero attached hydrogens (tertiary/aromatic N) is 3. The third kappa shape index (κ3) is 4.36. The number of likely N-dealkylation sites (N-methyl/N-ethyl adjacent to an activating group) is 1. The molecule has 8 heteroatoms. The standard InChI is InChI=1S/C24H27N5O3/c1-27(2)24(32)16-4-9-19-20(14-16)21(23(31)26-22(19)30)15-25-17-5-7-18(8-6-17)29-12-10-28(3)11-13-29/h4-9,14-15,25H,10-13H2,1-3H3,(H,26,30,31)/b21-15-. The summed E-state index contributed by atoms with van der Waals surface area (Å²) in [6.07, 6.45) is 1.58. The molecule has 8 nitrogen and oxygen atoms in total. The van der Waals surface area contributed by atoms with E-state index >= 15 is 0 Å². The largest absolute Gasteiger partial charge is 0.369 e. The average Bonchev–Trinajstić information content (AvgIpc) is 2.79. The lowest BCUT2D eigenvalue weighted by atomic mass is 9.93. The normalized spacial score (nSPS) is 17.7. The fourth-order valence-corrected chi connectivity index (χ4v) is 3.85. The summed E-state index contributed by atoms with van der Waals surface area (Å²) in [5.74, 6) is -1.17. The van der Waals surface area contributed by atoms with Crippen molar-refractivity contribution >= 4 is 34.7 Å². The second kappa shape index (κ2) is 8.84. The summed E-state index contributed by atoms with van der Waals surface area (Å²) in [5.41, 5.74) is 3.50. The molecule has 0 aromatic heterocycles. The van der Waals surface area contributed by atoms with Crippen LogP contribution in [0.1, 0.15) is 26.3 Å². The summed E-state index contributed by atoms with van der Waals surface area (Å²) < 4.78 is 0. The first-order valence-corrected chi connectivity index (χ1v) is 10.6. The first kappa shape index (κ1) is 21.6. The Balaban J connectivity index is 1.57. The number of piperazine rings is 1. The van der Waals surface area contributed by atoms with Gasteiger partial charge in [0, 0.05) is 74.5 Å². The number of hydrogen-bond acceptors (Lipinski definition) is 6. The fourth-order valence-electron chi connectivity index (χ4n) is 3.85. The van der Waals surface area contributed by atoms with E-state index in [0.717, 1.165) is 37.6 Å². The van der Waals surface area contributed by atoms with E-state index in [0.29, 0.717) is 22.3 Å². The van der Waals surface area contributed by atoms with Gasteiger partial charge < -0.3 is 20.0 Å². The molecule has 0 atom stereocenters. The van der Waals surface area contributed by atoms with Gasteiger partial charge in [-0.05, 0) is 49.5 Å². The van der Waals surface area contributed by atoms with Crippen molar-refractivity contribution in [1.82, 2.24) is 15.1 Å². The molecule has 2 aromatic rings. The van der Waals surface area contributed by atoms with Crippen molar-refractivity contribution in [3.63, 3.8) is 0 Å². The van der Waals surface area contributed by atoms with Gasteiger partial charge in [0.25, 0.3) is 17.7 Å². The highest BCUT2D eigenvalue weighted by Gasteiger charge is 2.28. The SMILES string of the molecule is CN1CCN(c2ccc(N/C=C3\C(=O)NC(=O)c4ccc(C(=O)N(C)C)cc43)cc2)CC1. The van der Waals surface area contributed by atoms with Crippen LogP contribution >= 0.6 is 0 Å². The number of hydrogen-bond donors (Lipinski definition) is 2. The summed E-state index contributed by atoms with van der Waals surface area (Å²) in [6, 6.07) is 12.8. The van der Waals surface area contributed by atoms with Gasteiger partial charge in [0.05, 0.1) is 5.57 Å². The Bertz CT molecular complexity index is 1080. The highest BCUT2D eigenvalue weighted by atomic mass is 16.2. The van der Waals surface area contributed by atoms with Gasteiger partial charge in [0.15, 0.2) is 0 Å². The Morgan fingerprint density at radius 2 is 1.66 bits per heavy atom. The Labute approximate surface area is 187 Å². The van der Waals surface area contributed by atoms with Crippen LogP contribution in [0.25, 0.3) is 5.57 Å². The molecule has 1 saturated heterocycles. The zero-order chi connectivity index (χ0) is 22.8. The summed E-state index contributed by atoms with van der Waals surface area (Å²) >= 11 is 0. The van der Waals surface area contributed by atoms with E-state index in [-0.39, 0.29) is 5.91 Å². The van der Waals surface area contributed by atoms with Crippen LogP contribution in [-0.2, 0) is 4.79 Å². The van der Waals surface area contributed by atoms with Crippen molar-refractivity contribution in [2.75, 3.05) is 57.5 Å². The monoisotopic (exact) mass is 433 g/mol. The van der Waals surface area contributed by atoms with E-state index in [1.54, 1.807) is 38.5 Å².